The molecule has 0 spiro atoms. The number of thioether (sulfide) groups is 1. The van der Waals surface area contributed by atoms with Crippen molar-refractivity contribution in [2.45, 2.75) is 24.6 Å². The number of rotatable bonds is 3. The van der Waals surface area contributed by atoms with Gasteiger partial charge in [-0.3, -0.25) is 0 Å². The van der Waals surface area contributed by atoms with E-state index in [0.29, 0.717) is 0 Å². The number of hydrogen-bond acceptors (Lipinski definition) is 3. The van der Waals surface area contributed by atoms with Crippen LogP contribution in [0.15, 0.2) is 0 Å². The first kappa shape index (κ1) is 9.36. The van der Waals surface area contributed by atoms with Gasteiger partial charge in [-0.1, -0.05) is 6.92 Å². The molecule has 1 heterocycles. The Balaban J connectivity index is 2.25. The number of nitrogens with zero attached hydrogens (tertiary/aromatic N) is 1. The van der Waals surface area contributed by atoms with Crippen molar-refractivity contribution in [2.75, 3.05) is 25.9 Å². The third-order valence-electron chi connectivity index (χ3n) is 2.28. The topological polar surface area (TPSA) is 29.3 Å². The Morgan fingerprint density at radius 3 is 2.82 bits per heavy atom. The highest BCUT2D eigenvalue weighted by Crippen LogP contribution is 2.28. The molecule has 1 saturated heterocycles. The third kappa shape index (κ3) is 2.65. The molecule has 2 atom stereocenters. The lowest BCUT2D eigenvalue weighted by Crippen LogP contribution is -2.35. The maximum Gasteiger partial charge on any atom is 0.0194 e. The Morgan fingerprint density at radius 1 is 1.64 bits per heavy atom. The molecule has 0 amide bonds. The van der Waals surface area contributed by atoms with Crippen LogP contribution < -0.4 is 5.73 Å². The molecule has 0 aromatic rings. The summed E-state index contributed by atoms with van der Waals surface area (Å²) in [5.74, 6) is 1.29. The molecule has 1 aliphatic heterocycles. The van der Waals surface area contributed by atoms with Gasteiger partial charge in [0.15, 0.2) is 0 Å². The first-order chi connectivity index (χ1) is 5.24. The molecule has 0 aromatic carbocycles. The molecule has 1 aliphatic rings. The second-order valence-corrected chi connectivity index (χ2v) is 4.77. The van der Waals surface area contributed by atoms with E-state index in [1.165, 1.54) is 12.2 Å². The van der Waals surface area contributed by atoms with Crippen LogP contribution in [0.25, 0.3) is 0 Å². The predicted octanol–water partition coefficient (Wildman–Crippen LogP) is 0.771. The van der Waals surface area contributed by atoms with Gasteiger partial charge in [0.2, 0.25) is 0 Å². The summed E-state index contributed by atoms with van der Waals surface area (Å²) in [4.78, 5) is 2.39. The highest BCUT2D eigenvalue weighted by atomic mass is 32.2. The van der Waals surface area contributed by atoms with Crippen LogP contribution in [-0.2, 0) is 0 Å². The minimum absolute atomic E-state index is 0.776. The molecule has 2 N–H and O–H groups in total. The molecule has 3 heteroatoms. The van der Waals surface area contributed by atoms with Crippen molar-refractivity contribution in [1.82, 2.24) is 4.90 Å². The van der Waals surface area contributed by atoms with Crippen LogP contribution in [0.3, 0.4) is 0 Å². The lowest BCUT2D eigenvalue weighted by molar-refractivity contribution is 0.264. The van der Waals surface area contributed by atoms with Gasteiger partial charge in [0.05, 0.1) is 0 Å². The Hall–Kier alpha value is 0.270. The second kappa shape index (κ2) is 4.33. The van der Waals surface area contributed by atoms with Gasteiger partial charge < -0.3 is 10.6 Å². The fourth-order valence-electron chi connectivity index (χ4n) is 1.49. The molecule has 0 aliphatic carbocycles. The summed E-state index contributed by atoms with van der Waals surface area (Å²) in [7, 11) is 2.18. The maximum atomic E-state index is 5.48. The molecule has 2 unspecified atom stereocenters. The smallest absolute Gasteiger partial charge is 0.0194 e. The molecule has 66 valence electrons. The van der Waals surface area contributed by atoms with E-state index in [9.17, 15) is 0 Å². The maximum absolute atomic E-state index is 5.48. The summed E-state index contributed by atoms with van der Waals surface area (Å²) in [6, 6.07) is 0.776. The van der Waals surface area contributed by atoms with Crippen LogP contribution in [0.5, 0.6) is 0 Å². The first-order valence-electron chi connectivity index (χ1n) is 4.26. The molecular formula is C8H18N2S. The fourth-order valence-corrected chi connectivity index (χ4v) is 2.79. The molecule has 1 rings (SSSR count). The molecule has 1 fully saturated rings. The summed E-state index contributed by atoms with van der Waals surface area (Å²) < 4.78 is 0. The van der Waals surface area contributed by atoms with Crippen LogP contribution in [0.1, 0.15) is 13.3 Å². The van der Waals surface area contributed by atoms with E-state index in [0.717, 1.165) is 24.4 Å². The van der Waals surface area contributed by atoms with E-state index in [1.807, 2.05) is 0 Å². The van der Waals surface area contributed by atoms with Crippen LogP contribution in [0.4, 0.5) is 0 Å². The van der Waals surface area contributed by atoms with E-state index in [-0.39, 0.29) is 0 Å². The van der Waals surface area contributed by atoms with Crippen molar-refractivity contribution in [1.29, 1.82) is 0 Å². The fraction of sp³-hybridized carbons (Fsp3) is 1.00. The summed E-state index contributed by atoms with van der Waals surface area (Å²) in [5, 5.41) is 0.847. The lowest BCUT2D eigenvalue weighted by Gasteiger charge is -2.22. The number of hydrogen-bond donors (Lipinski definition) is 1. The van der Waals surface area contributed by atoms with Crippen molar-refractivity contribution in [3.63, 3.8) is 0 Å². The van der Waals surface area contributed by atoms with Gasteiger partial charge in [0.25, 0.3) is 0 Å². The Labute approximate surface area is 73.5 Å². The van der Waals surface area contributed by atoms with Crippen LogP contribution in [-0.4, -0.2) is 42.1 Å². The number of likely N-dealkylation sites (N-methyl/N-ethyl adjacent to an activating group) is 1. The molecule has 0 radical (unpaired) electrons. The largest absolute Gasteiger partial charge is 0.329 e. The average Bonchev–Trinajstić information content (AvgIpc) is 2.36. The van der Waals surface area contributed by atoms with Crippen LogP contribution in [0.2, 0.25) is 0 Å². The van der Waals surface area contributed by atoms with Crippen molar-refractivity contribution < 1.29 is 0 Å². The van der Waals surface area contributed by atoms with Gasteiger partial charge in [-0.05, 0) is 13.5 Å². The standard InChI is InChI=1S/C8H18N2S/c1-7-5-8(6-11-7)10(2)4-3-9/h7-8H,3-6,9H2,1-2H3. The van der Waals surface area contributed by atoms with Crippen molar-refractivity contribution in [2.24, 2.45) is 5.73 Å². The summed E-state index contributed by atoms with van der Waals surface area (Å²) in [6.07, 6.45) is 1.33. The van der Waals surface area contributed by atoms with Gasteiger partial charge >= 0.3 is 0 Å². The minimum Gasteiger partial charge on any atom is -0.329 e. The quantitative estimate of drug-likeness (QED) is 0.685. The Kier molecular flexibility index (Phi) is 3.69. The van der Waals surface area contributed by atoms with E-state index in [1.54, 1.807) is 0 Å². The van der Waals surface area contributed by atoms with E-state index in [4.69, 9.17) is 5.73 Å². The minimum atomic E-state index is 0.776. The SMILES string of the molecule is CC1CC(N(C)CCN)CS1. The molecule has 11 heavy (non-hydrogen) atoms. The summed E-state index contributed by atoms with van der Waals surface area (Å²) in [5.41, 5.74) is 5.48. The molecule has 0 aromatic heterocycles. The van der Waals surface area contributed by atoms with Crippen LogP contribution in [0, 0.1) is 0 Å². The van der Waals surface area contributed by atoms with Crippen molar-refractivity contribution >= 4 is 11.8 Å². The zero-order valence-corrected chi connectivity index (χ0v) is 8.23. The van der Waals surface area contributed by atoms with Crippen LogP contribution >= 0.6 is 11.8 Å². The Morgan fingerprint density at radius 2 is 2.36 bits per heavy atom. The van der Waals surface area contributed by atoms with Gasteiger partial charge in [-0.25, -0.2) is 0 Å². The zero-order chi connectivity index (χ0) is 8.27. The average molecular weight is 174 g/mol. The van der Waals surface area contributed by atoms with Crippen molar-refractivity contribution in [3.05, 3.63) is 0 Å². The van der Waals surface area contributed by atoms with Crippen molar-refractivity contribution in [3.8, 4) is 0 Å². The number of nitrogens with two attached hydrogens (primary N) is 1. The molecule has 0 bridgehead atoms. The molecular weight excluding hydrogens is 156 g/mol. The molecule has 0 saturated carbocycles. The Bertz CT molecular complexity index is 119. The van der Waals surface area contributed by atoms with E-state index < -0.39 is 0 Å². The lowest BCUT2D eigenvalue weighted by atomic mass is 10.2. The zero-order valence-electron chi connectivity index (χ0n) is 7.42. The summed E-state index contributed by atoms with van der Waals surface area (Å²) >= 11 is 2.08. The highest BCUT2D eigenvalue weighted by molar-refractivity contribution is 8.00. The molecule has 2 nitrogen and oxygen atoms in total. The van der Waals surface area contributed by atoms with E-state index in [2.05, 4.69) is 30.6 Å². The van der Waals surface area contributed by atoms with Gasteiger partial charge in [0.1, 0.15) is 0 Å². The van der Waals surface area contributed by atoms with Gasteiger partial charge in [0, 0.05) is 30.1 Å². The third-order valence-corrected chi connectivity index (χ3v) is 3.62. The predicted molar refractivity (Wildman–Crippen MR) is 52.0 cm³/mol. The monoisotopic (exact) mass is 174 g/mol. The second-order valence-electron chi connectivity index (χ2n) is 3.30. The normalized spacial score (nSPS) is 31.6. The summed E-state index contributed by atoms with van der Waals surface area (Å²) in [6.45, 7) is 4.13. The first-order valence-corrected chi connectivity index (χ1v) is 5.31. The van der Waals surface area contributed by atoms with Gasteiger partial charge in [-0.2, -0.15) is 11.8 Å². The highest BCUT2D eigenvalue weighted by Gasteiger charge is 2.24. The van der Waals surface area contributed by atoms with E-state index >= 15 is 0 Å². The van der Waals surface area contributed by atoms with Gasteiger partial charge in [-0.15, -0.1) is 0 Å².